The predicted molar refractivity (Wildman–Crippen MR) is 92.8 cm³/mol. The molecule has 3 nitrogen and oxygen atoms in total. The number of nitrogens with two attached hydrogens (primary N) is 1. The second-order valence-electron chi connectivity index (χ2n) is 6.48. The van der Waals surface area contributed by atoms with Crippen LogP contribution in [0.2, 0.25) is 0 Å². The molecule has 0 aromatic heterocycles. The van der Waals surface area contributed by atoms with Crippen LogP contribution in [-0.2, 0) is 0 Å². The second-order valence-corrected chi connectivity index (χ2v) is 7.34. The maximum absolute atomic E-state index is 5.96. The molecule has 2 atom stereocenters. The number of hydrogen-bond acceptors (Lipinski definition) is 3. The third-order valence-corrected chi connectivity index (χ3v) is 5.54. The number of rotatable bonds is 3. The largest absolute Gasteiger partial charge is 0.369 e. The lowest BCUT2D eigenvalue weighted by atomic mass is 10.1. The average molecular weight is 352 g/mol. The van der Waals surface area contributed by atoms with E-state index < -0.39 is 0 Å². The van der Waals surface area contributed by atoms with Gasteiger partial charge in [-0.05, 0) is 72.9 Å². The Hall–Kier alpha value is -0.580. The van der Waals surface area contributed by atoms with E-state index in [0.29, 0.717) is 0 Å². The van der Waals surface area contributed by atoms with E-state index >= 15 is 0 Å². The number of piperidine rings is 1. The van der Waals surface area contributed by atoms with Gasteiger partial charge in [-0.1, -0.05) is 12.5 Å². The minimum Gasteiger partial charge on any atom is -0.369 e. The van der Waals surface area contributed by atoms with Crippen molar-refractivity contribution in [3.63, 3.8) is 0 Å². The van der Waals surface area contributed by atoms with E-state index in [2.05, 4.69) is 43.9 Å². The first kappa shape index (κ1) is 15.3. The van der Waals surface area contributed by atoms with Crippen molar-refractivity contribution in [3.8, 4) is 0 Å². The summed E-state index contributed by atoms with van der Waals surface area (Å²) in [6.07, 6.45) is 5.46. The Morgan fingerprint density at radius 2 is 1.95 bits per heavy atom. The maximum Gasteiger partial charge on any atom is 0.0511 e. The average Bonchev–Trinajstić information content (AvgIpc) is 2.97. The second kappa shape index (κ2) is 6.67. The summed E-state index contributed by atoms with van der Waals surface area (Å²) >= 11 is 3.73. The van der Waals surface area contributed by atoms with Gasteiger partial charge in [0, 0.05) is 29.6 Å². The van der Waals surface area contributed by atoms with E-state index in [0.717, 1.165) is 19.1 Å². The number of anilines is 1. The maximum atomic E-state index is 5.96. The molecule has 0 saturated carbocycles. The van der Waals surface area contributed by atoms with Gasteiger partial charge in [0.25, 0.3) is 0 Å². The first-order valence-electron chi connectivity index (χ1n) is 8.19. The van der Waals surface area contributed by atoms with Gasteiger partial charge < -0.3 is 10.6 Å². The molecule has 2 fully saturated rings. The van der Waals surface area contributed by atoms with E-state index in [1.807, 2.05) is 6.92 Å². The van der Waals surface area contributed by atoms with Crippen LogP contribution in [0, 0.1) is 0 Å². The Morgan fingerprint density at radius 1 is 1.19 bits per heavy atom. The Balaban J connectivity index is 1.68. The summed E-state index contributed by atoms with van der Waals surface area (Å²) < 4.78 is 1.18. The molecule has 0 bridgehead atoms. The Bertz CT molecular complexity index is 483. The topological polar surface area (TPSA) is 32.5 Å². The molecule has 2 unspecified atom stereocenters. The van der Waals surface area contributed by atoms with Crippen molar-refractivity contribution in [2.24, 2.45) is 5.73 Å². The smallest absolute Gasteiger partial charge is 0.0511 e. The third kappa shape index (κ3) is 3.43. The molecule has 3 rings (SSSR count). The standard InChI is InChI=1S/C17H26BrN3/c1-13(19)14-5-6-17(16(18)11-14)21-10-7-15(12-21)20-8-3-2-4-9-20/h5-6,11,13,15H,2-4,7-10,12,19H2,1H3. The van der Waals surface area contributed by atoms with Crippen LogP contribution in [0.5, 0.6) is 0 Å². The number of halogens is 1. The number of hydrogen-bond donors (Lipinski definition) is 1. The zero-order valence-electron chi connectivity index (χ0n) is 12.9. The van der Waals surface area contributed by atoms with Gasteiger partial charge in [-0.25, -0.2) is 0 Å². The van der Waals surface area contributed by atoms with Crippen molar-refractivity contribution in [2.45, 2.75) is 44.7 Å². The van der Waals surface area contributed by atoms with Crippen molar-refractivity contribution in [3.05, 3.63) is 28.2 Å². The molecule has 116 valence electrons. The zero-order valence-corrected chi connectivity index (χ0v) is 14.5. The van der Waals surface area contributed by atoms with Crippen LogP contribution in [0.15, 0.2) is 22.7 Å². The summed E-state index contributed by atoms with van der Waals surface area (Å²) in [5.74, 6) is 0. The van der Waals surface area contributed by atoms with E-state index in [1.165, 1.54) is 54.5 Å². The van der Waals surface area contributed by atoms with Crippen LogP contribution in [-0.4, -0.2) is 37.1 Å². The van der Waals surface area contributed by atoms with Crippen LogP contribution in [0.1, 0.15) is 44.2 Å². The monoisotopic (exact) mass is 351 g/mol. The molecule has 2 N–H and O–H groups in total. The summed E-state index contributed by atoms with van der Waals surface area (Å²) in [4.78, 5) is 5.22. The van der Waals surface area contributed by atoms with Gasteiger partial charge in [0.15, 0.2) is 0 Å². The summed E-state index contributed by atoms with van der Waals surface area (Å²) in [5.41, 5.74) is 8.48. The molecule has 2 heterocycles. The molecule has 21 heavy (non-hydrogen) atoms. The molecule has 0 amide bonds. The van der Waals surface area contributed by atoms with Crippen LogP contribution in [0.25, 0.3) is 0 Å². The number of benzene rings is 1. The molecule has 0 aliphatic carbocycles. The molecule has 1 aromatic rings. The molecule has 0 radical (unpaired) electrons. The van der Waals surface area contributed by atoms with Gasteiger partial charge in [-0.3, -0.25) is 4.90 Å². The van der Waals surface area contributed by atoms with Gasteiger partial charge in [0.05, 0.1) is 5.69 Å². The Kier molecular flexibility index (Phi) is 4.87. The number of likely N-dealkylation sites (tertiary alicyclic amines) is 1. The lowest BCUT2D eigenvalue weighted by Gasteiger charge is -2.32. The molecule has 4 heteroatoms. The molecule has 2 aliphatic rings. The van der Waals surface area contributed by atoms with E-state index in [1.54, 1.807) is 0 Å². The minimum atomic E-state index is 0.0926. The van der Waals surface area contributed by atoms with Crippen molar-refractivity contribution < 1.29 is 0 Å². The minimum absolute atomic E-state index is 0.0926. The Labute approximate surface area is 136 Å². The molecular weight excluding hydrogens is 326 g/mol. The summed E-state index contributed by atoms with van der Waals surface area (Å²) in [6, 6.07) is 7.40. The van der Waals surface area contributed by atoms with Crippen LogP contribution in [0.3, 0.4) is 0 Å². The first-order chi connectivity index (χ1) is 10.1. The Morgan fingerprint density at radius 3 is 2.62 bits per heavy atom. The molecule has 2 saturated heterocycles. The summed E-state index contributed by atoms with van der Waals surface area (Å²) in [6.45, 7) is 6.95. The summed E-state index contributed by atoms with van der Waals surface area (Å²) in [5, 5.41) is 0. The quantitative estimate of drug-likeness (QED) is 0.903. The van der Waals surface area contributed by atoms with Crippen LogP contribution < -0.4 is 10.6 Å². The van der Waals surface area contributed by atoms with Gasteiger partial charge in [0.2, 0.25) is 0 Å². The normalized spacial score (nSPS) is 25.3. The predicted octanol–water partition coefficient (Wildman–Crippen LogP) is 3.53. The highest BCUT2D eigenvalue weighted by Crippen LogP contribution is 2.32. The fraction of sp³-hybridized carbons (Fsp3) is 0.647. The highest BCUT2D eigenvalue weighted by atomic mass is 79.9. The fourth-order valence-electron chi connectivity index (χ4n) is 3.61. The van der Waals surface area contributed by atoms with E-state index in [-0.39, 0.29) is 6.04 Å². The van der Waals surface area contributed by atoms with E-state index in [4.69, 9.17) is 5.73 Å². The summed E-state index contributed by atoms with van der Waals surface area (Å²) in [7, 11) is 0. The van der Waals surface area contributed by atoms with Gasteiger partial charge in [-0.15, -0.1) is 0 Å². The molecule has 0 spiro atoms. The van der Waals surface area contributed by atoms with Gasteiger partial charge in [0.1, 0.15) is 0 Å². The van der Waals surface area contributed by atoms with Crippen molar-refractivity contribution in [2.75, 3.05) is 31.1 Å². The molecule has 1 aromatic carbocycles. The molecule has 2 aliphatic heterocycles. The van der Waals surface area contributed by atoms with Crippen molar-refractivity contribution in [1.82, 2.24) is 4.90 Å². The van der Waals surface area contributed by atoms with Crippen LogP contribution in [0.4, 0.5) is 5.69 Å². The molecular formula is C17H26BrN3. The SMILES string of the molecule is CC(N)c1ccc(N2CCC(N3CCCCC3)C2)c(Br)c1. The van der Waals surface area contributed by atoms with Gasteiger partial charge in [-0.2, -0.15) is 0 Å². The van der Waals surface area contributed by atoms with Crippen molar-refractivity contribution >= 4 is 21.6 Å². The fourth-order valence-corrected chi connectivity index (χ4v) is 4.25. The lowest BCUT2D eigenvalue weighted by Crippen LogP contribution is -2.40. The van der Waals surface area contributed by atoms with E-state index in [9.17, 15) is 0 Å². The van der Waals surface area contributed by atoms with Crippen molar-refractivity contribution in [1.29, 1.82) is 0 Å². The highest BCUT2D eigenvalue weighted by Gasteiger charge is 2.29. The number of nitrogens with zero attached hydrogens (tertiary/aromatic N) is 2. The first-order valence-corrected chi connectivity index (χ1v) is 8.98. The third-order valence-electron chi connectivity index (χ3n) is 4.91. The lowest BCUT2D eigenvalue weighted by molar-refractivity contribution is 0.175. The van der Waals surface area contributed by atoms with Crippen LogP contribution >= 0.6 is 15.9 Å². The highest BCUT2D eigenvalue weighted by molar-refractivity contribution is 9.10. The zero-order chi connectivity index (χ0) is 14.8. The van der Waals surface area contributed by atoms with Gasteiger partial charge >= 0.3 is 0 Å².